The van der Waals surface area contributed by atoms with E-state index in [1.807, 2.05) is 13.1 Å². The number of unbranched alkanes of at least 4 members (excludes halogenated alkanes) is 2. The summed E-state index contributed by atoms with van der Waals surface area (Å²) in [7, 11) is 2.01. The molecular weight excluding hydrogens is 176 g/mol. The molecule has 1 aromatic rings. The van der Waals surface area contributed by atoms with Crippen molar-refractivity contribution in [3.63, 3.8) is 0 Å². The Balaban J connectivity index is 2.25. The molecule has 0 bridgehead atoms. The molecule has 1 rings (SSSR count). The topological polar surface area (TPSA) is 55.0 Å². The van der Waals surface area contributed by atoms with Crippen LogP contribution in [0.3, 0.4) is 0 Å². The van der Waals surface area contributed by atoms with Gasteiger partial charge in [0.25, 0.3) is 0 Å². The van der Waals surface area contributed by atoms with Crippen molar-refractivity contribution < 1.29 is 0 Å². The lowest BCUT2D eigenvalue weighted by Crippen LogP contribution is -2.20. The van der Waals surface area contributed by atoms with Crippen LogP contribution in [0.2, 0.25) is 0 Å². The summed E-state index contributed by atoms with van der Waals surface area (Å²) >= 11 is 0. The summed E-state index contributed by atoms with van der Waals surface area (Å²) in [5, 5.41) is 0. The minimum Gasteiger partial charge on any atom is -0.344 e. The molecule has 0 saturated heterocycles. The Morgan fingerprint density at radius 2 is 1.93 bits per heavy atom. The Kier molecular flexibility index (Phi) is 4.93. The summed E-state index contributed by atoms with van der Waals surface area (Å²) < 4.78 is 0. The van der Waals surface area contributed by atoms with Crippen LogP contribution < -0.4 is 10.6 Å². The van der Waals surface area contributed by atoms with E-state index in [9.17, 15) is 0 Å². The molecule has 0 aliphatic rings. The second-order valence-electron chi connectivity index (χ2n) is 3.32. The molecule has 78 valence electrons. The monoisotopic (exact) mass is 194 g/mol. The molecule has 14 heavy (non-hydrogen) atoms. The largest absolute Gasteiger partial charge is 0.344 e. The van der Waals surface area contributed by atoms with Gasteiger partial charge in [0.1, 0.15) is 0 Å². The average molecular weight is 194 g/mol. The molecule has 0 radical (unpaired) electrons. The summed E-state index contributed by atoms with van der Waals surface area (Å²) in [5.41, 5.74) is 5.42. The third kappa shape index (κ3) is 3.70. The van der Waals surface area contributed by atoms with E-state index in [0.717, 1.165) is 31.9 Å². The van der Waals surface area contributed by atoms with Crippen LogP contribution in [0.1, 0.15) is 19.3 Å². The minimum absolute atomic E-state index is 0.783. The van der Waals surface area contributed by atoms with Gasteiger partial charge < -0.3 is 10.6 Å². The van der Waals surface area contributed by atoms with E-state index in [-0.39, 0.29) is 0 Å². The molecule has 0 aliphatic carbocycles. The normalized spacial score (nSPS) is 10.1. The number of nitrogens with two attached hydrogens (primary N) is 1. The van der Waals surface area contributed by atoms with Crippen LogP contribution in [-0.2, 0) is 0 Å². The van der Waals surface area contributed by atoms with Crippen molar-refractivity contribution >= 4 is 5.95 Å². The van der Waals surface area contributed by atoms with Gasteiger partial charge >= 0.3 is 0 Å². The summed E-state index contributed by atoms with van der Waals surface area (Å²) in [6, 6.07) is 1.83. The second kappa shape index (κ2) is 6.32. The van der Waals surface area contributed by atoms with E-state index >= 15 is 0 Å². The first-order chi connectivity index (χ1) is 6.84. The van der Waals surface area contributed by atoms with Gasteiger partial charge in [0.2, 0.25) is 5.95 Å². The van der Waals surface area contributed by atoms with Crippen LogP contribution in [0.15, 0.2) is 18.5 Å². The number of rotatable bonds is 6. The highest BCUT2D eigenvalue weighted by Crippen LogP contribution is 2.04. The first-order valence-corrected chi connectivity index (χ1v) is 5.03. The number of hydrogen-bond donors (Lipinski definition) is 1. The standard InChI is InChI=1S/C10H18N4/c1-14(9-4-2-3-6-11)10-12-7-5-8-13-10/h5,7-8H,2-4,6,9,11H2,1H3. The van der Waals surface area contributed by atoms with Crippen molar-refractivity contribution in [3.8, 4) is 0 Å². The third-order valence-electron chi connectivity index (χ3n) is 2.09. The number of anilines is 1. The maximum absolute atomic E-state index is 5.42. The molecular formula is C10H18N4. The van der Waals surface area contributed by atoms with Gasteiger partial charge in [-0.2, -0.15) is 0 Å². The van der Waals surface area contributed by atoms with Gasteiger partial charge in [0, 0.05) is 26.0 Å². The Morgan fingerprint density at radius 1 is 1.21 bits per heavy atom. The van der Waals surface area contributed by atoms with E-state index in [0.29, 0.717) is 0 Å². The van der Waals surface area contributed by atoms with E-state index < -0.39 is 0 Å². The molecule has 0 aliphatic heterocycles. The summed E-state index contributed by atoms with van der Waals surface area (Å²) in [4.78, 5) is 10.4. The predicted octanol–water partition coefficient (Wildman–Crippen LogP) is 1.04. The molecule has 0 unspecified atom stereocenters. The van der Waals surface area contributed by atoms with Gasteiger partial charge in [-0.1, -0.05) is 6.42 Å². The van der Waals surface area contributed by atoms with Crippen molar-refractivity contribution in [1.82, 2.24) is 9.97 Å². The van der Waals surface area contributed by atoms with Gasteiger partial charge in [0.05, 0.1) is 0 Å². The Bertz CT molecular complexity index is 237. The van der Waals surface area contributed by atoms with E-state index in [1.54, 1.807) is 12.4 Å². The molecule has 4 nitrogen and oxygen atoms in total. The highest BCUT2D eigenvalue weighted by Gasteiger charge is 2.01. The van der Waals surface area contributed by atoms with Gasteiger partial charge in [-0.3, -0.25) is 0 Å². The predicted molar refractivity (Wildman–Crippen MR) is 58.2 cm³/mol. The molecule has 0 spiro atoms. The van der Waals surface area contributed by atoms with Gasteiger partial charge in [-0.25, -0.2) is 9.97 Å². The fraction of sp³-hybridized carbons (Fsp3) is 0.600. The number of nitrogens with zero attached hydrogens (tertiary/aromatic N) is 3. The number of hydrogen-bond acceptors (Lipinski definition) is 4. The van der Waals surface area contributed by atoms with Crippen molar-refractivity contribution in [2.24, 2.45) is 5.73 Å². The molecule has 0 amide bonds. The highest BCUT2D eigenvalue weighted by atomic mass is 15.2. The smallest absolute Gasteiger partial charge is 0.224 e. The molecule has 1 aromatic heterocycles. The average Bonchev–Trinajstić information content (AvgIpc) is 2.25. The first kappa shape index (κ1) is 10.9. The van der Waals surface area contributed by atoms with Crippen molar-refractivity contribution in [3.05, 3.63) is 18.5 Å². The Labute approximate surface area is 85.2 Å². The second-order valence-corrected chi connectivity index (χ2v) is 3.32. The zero-order chi connectivity index (χ0) is 10.2. The highest BCUT2D eigenvalue weighted by molar-refractivity contribution is 5.25. The van der Waals surface area contributed by atoms with Gasteiger partial charge in [0.15, 0.2) is 0 Å². The van der Waals surface area contributed by atoms with Gasteiger partial charge in [-0.15, -0.1) is 0 Å². The fourth-order valence-corrected chi connectivity index (χ4v) is 1.26. The van der Waals surface area contributed by atoms with Crippen LogP contribution in [-0.4, -0.2) is 30.1 Å². The Hall–Kier alpha value is -1.16. The van der Waals surface area contributed by atoms with E-state index in [4.69, 9.17) is 5.73 Å². The third-order valence-corrected chi connectivity index (χ3v) is 2.09. The maximum Gasteiger partial charge on any atom is 0.224 e. The van der Waals surface area contributed by atoms with Crippen LogP contribution >= 0.6 is 0 Å². The van der Waals surface area contributed by atoms with E-state index in [1.165, 1.54) is 6.42 Å². The van der Waals surface area contributed by atoms with Gasteiger partial charge in [-0.05, 0) is 25.5 Å². The quantitative estimate of drug-likeness (QED) is 0.687. The SMILES string of the molecule is CN(CCCCCN)c1ncccn1. The minimum atomic E-state index is 0.783. The summed E-state index contributed by atoms with van der Waals surface area (Å²) in [6.45, 7) is 1.77. The fourth-order valence-electron chi connectivity index (χ4n) is 1.26. The van der Waals surface area contributed by atoms with Crippen LogP contribution in [0.25, 0.3) is 0 Å². The van der Waals surface area contributed by atoms with Crippen molar-refractivity contribution in [2.75, 3.05) is 25.0 Å². The number of aromatic nitrogens is 2. The zero-order valence-corrected chi connectivity index (χ0v) is 8.69. The summed E-state index contributed by atoms with van der Waals surface area (Å²) in [6.07, 6.45) is 6.94. The lowest BCUT2D eigenvalue weighted by Gasteiger charge is -2.15. The zero-order valence-electron chi connectivity index (χ0n) is 8.69. The lowest BCUT2D eigenvalue weighted by molar-refractivity contribution is 0.672. The molecule has 4 heteroatoms. The first-order valence-electron chi connectivity index (χ1n) is 5.03. The molecule has 1 heterocycles. The maximum atomic E-state index is 5.42. The van der Waals surface area contributed by atoms with Crippen LogP contribution in [0.5, 0.6) is 0 Å². The van der Waals surface area contributed by atoms with E-state index in [2.05, 4.69) is 14.9 Å². The van der Waals surface area contributed by atoms with Crippen molar-refractivity contribution in [1.29, 1.82) is 0 Å². The molecule has 0 atom stereocenters. The molecule has 0 saturated carbocycles. The molecule has 2 N–H and O–H groups in total. The molecule has 0 fully saturated rings. The van der Waals surface area contributed by atoms with Crippen molar-refractivity contribution in [2.45, 2.75) is 19.3 Å². The lowest BCUT2D eigenvalue weighted by atomic mass is 10.2. The van der Waals surface area contributed by atoms with Crippen LogP contribution in [0.4, 0.5) is 5.95 Å². The molecule has 0 aromatic carbocycles. The van der Waals surface area contributed by atoms with Crippen LogP contribution in [0, 0.1) is 0 Å². The summed E-state index contributed by atoms with van der Waals surface area (Å²) in [5.74, 6) is 0.792. The Morgan fingerprint density at radius 3 is 2.57 bits per heavy atom.